The van der Waals surface area contributed by atoms with E-state index in [0.29, 0.717) is 0 Å². The summed E-state index contributed by atoms with van der Waals surface area (Å²) in [6.45, 7) is 7.48. The van der Waals surface area contributed by atoms with Gasteiger partial charge in [0.25, 0.3) is 0 Å². The molecule has 0 spiro atoms. The van der Waals surface area contributed by atoms with E-state index in [2.05, 4.69) is 25.1 Å². The fourth-order valence-electron chi connectivity index (χ4n) is 3.25. The van der Waals surface area contributed by atoms with Gasteiger partial charge in [0.2, 0.25) is 5.95 Å². The molecule has 7 heteroatoms. The second kappa shape index (κ2) is 8.02. The lowest BCUT2D eigenvalue weighted by atomic mass is 10.2. The number of halogens is 1. The highest BCUT2D eigenvalue weighted by Crippen LogP contribution is 2.24. The maximum absolute atomic E-state index is 6.24. The third-order valence-electron chi connectivity index (χ3n) is 4.82. The molecule has 1 fully saturated rings. The van der Waals surface area contributed by atoms with E-state index < -0.39 is 0 Å². The maximum atomic E-state index is 6.24. The summed E-state index contributed by atoms with van der Waals surface area (Å²) >= 11 is 6.24. The smallest absolute Gasteiger partial charge is 0.227 e. The van der Waals surface area contributed by atoms with E-state index in [4.69, 9.17) is 16.6 Å². The molecule has 1 aromatic carbocycles. The summed E-state index contributed by atoms with van der Waals surface area (Å²) in [6.07, 6.45) is 1.83. The predicted molar refractivity (Wildman–Crippen MR) is 115 cm³/mol. The van der Waals surface area contributed by atoms with Crippen molar-refractivity contribution in [3.8, 4) is 0 Å². The van der Waals surface area contributed by atoms with Gasteiger partial charge in [-0.25, -0.2) is 9.97 Å². The minimum atomic E-state index is 0.738. The number of piperazine rings is 1. The van der Waals surface area contributed by atoms with Crippen molar-refractivity contribution < 1.29 is 0 Å². The van der Waals surface area contributed by atoms with Gasteiger partial charge in [0.05, 0.1) is 0 Å². The van der Waals surface area contributed by atoms with Crippen molar-refractivity contribution in [2.24, 2.45) is 0 Å². The second-order valence-corrected chi connectivity index (χ2v) is 7.35. The van der Waals surface area contributed by atoms with Crippen LogP contribution in [-0.4, -0.2) is 41.1 Å². The van der Waals surface area contributed by atoms with Gasteiger partial charge in [0.15, 0.2) is 0 Å². The highest BCUT2D eigenvalue weighted by Gasteiger charge is 2.20. The molecule has 0 bridgehead atoms. The van der Waals surface area contributed by atoms with Crippen LogP contribution >= 0.6 is 11.6 Å². The Labute approximate surface area is 170 Å². The van der Waals surface area contributed by atoms with Crippen molar-refractivity contribution in [1.29, 1.82) is 0 Å². The number of benzene rings is 1. The zero-order valence-electron chi connectivity index (χ0n) is 16.1. The predicted octanol–water partition coefficient (Wildman–Crippen LogP) is 4.21. The molecule has 28 heavy (non-hydrogen) atoms. The van der Waals surface area contributed by atoms with Crippen LogP contribution in [0.5, 0.6) is 0 Å². The zero-order valence-corrected chi connectivity index (χ0v) is 16.8. The highest BCUT2D eigenvalue weighted by molar-refractivity contribution is 6.31. The van der Waals surface area contributed by atoms with Gasteiger partial charge in [-0.1, -0.05) is 23.7 Å². The molecular formula is C21H23ClN6. The van der Waals surface area contributed by atoms with Crippen LogP contribution in [0.2, 0.25) is 5.02 Å². The third-order valence-corrected chi connectivity index (χ3v) is 5.23. The fraction of sp³-hybridized carbons (Fsp3) is 0.286. The van der Waals surface area contributed by atoms with E-state index in [-0.39, 0.29) is 0 Å². The van der Waals surface area contributed by atoms with Gasteiger partial charge < -0.3 is 15.1 Å². The average Bonchev–Trinajstić information content (AvgIpc) is 2.71. The minimum Gasteiger partial charge on any atom is -0.353 e. The Hall–Kier alpha value is -2.86. The molecule has 0 radical (unpaired) electrons. The van der Waals surface area contributed by atoms with E-state index in [1.165, 1.54) is 0 Å². The van der Waals surface area contributed by atoms with Crippen LogP contribution in [0, 0.1) is 13.8 Å². The molecule has 0 aliphatic carbocycles. The number of nitrogens with one attached hydrogen (secondary N) is 1. The highest BCUT2D eigenvalue weighted by atomic mass is 35.5. The molecule has 4 rings (SSSR count). The Morgan fingerprint density at radius 1 is 0.929 bits per heavy atom. The number of anilines is 4. The summed E-state index contributed by atoms with van der Waals surface area (Å²) in [7, 11) is 0. The molecule has 3 aromatic rings. The van der Waals surface area contributed by atoms with Crippen LogP contribution in [0.15, 0.2) is 48.7 Å². The molecule has 0 atom stereocenters. The number of aromatic nitrogens is 3. The van der Waals surface area contributed by atoms with Crippen molar-refractivity contribution >= 4 is 34.9 Å². The molecule has 1 aliphatic heterocycles. The normalized spacial score (nSPS) is 14.2. The quantitative estimate of drug-likeness (QED) is 0.715. The number of hydrogen-bond donors (Lipinski definition) is 1. The van der Waals surface area contributed by atoms with E-state index >= 15 is 0 Å². The lowest BCUT2D eigenvalue weighted by molar-refractivity contribution is 0.634. The Balaban J connectivity index is 1.47. The number of hydrogen-bond acceptors (Lipinski definition) is 6. The van der Waals surface area contributed by atoms with Crippen molar-refractivity contribution in [3.05, 3.63) is 64.9 Å². The Morgan fingerprint density at radius 3 is 2.43 bits per heavy atom. The van der Waals surface area contributed by atoms with Gasteiger partial charge in [-0.3, -0.25) is 0 Å². The van der Waals surface area contributed by atoms with Crippen LogP contribution in [0.4, 0.5) is 23.3 Å². The first-order valence-electron chi connectivity index (χ1n) is 9.38. The molecule has 1 saturated heterocycles. The third kappa shape index (κ3) is 4.17. The van der Waals surface area contributed by atoms with Crippen LogP contribution in [0.25, 0.3) is 0 Å². The molecule has 1 N–H and O–H groups in total. The van der Waals surface area contributed by atoms with Crippen LogP contribution in [0.1, 0.15) is 11.3 Å². The zero-order chi connectivity index (χ0) is 19.5. The Kier molecular flexibility index (Phi) is 5.30. The van der Waals surface area contributed by atoms with Crippen LogP contribution in [-0.2, 0) is 0 Å². The van der Waals surface area contributed by atoms with E-state index in [9.17, 15) is 0 Å². The first-order valence-corrected chi connectivity index (χ1v) is 9.76. The van der Waals surface area contributed by atoms with Crippen molar-refractivity contribution in [1.82, 2.24) is 15.0 Å². The largest absolute Gasteiger partial charge is 0.353 e. The molecule has 0 saturated carbocycles. The second-order valence-electron chi connectivity index (χ2n) is 6.95. The molecule has 144 valence electrons. The molecule has 2 aromatic heterocycles. The summed E-state index contributed by atoms with van der Waals surface area (Å²) < 4.78 is 0. The van der Waals surface area contributed by atoms with Gasteiger partial charge in [0.1, 0.15) is 11.6 Å². The average molecular weight is 395 g/mol. The van der Waals surface area contributed by atoms with Gasteiger partial charge in [-0.15, -0.1) is 0 Å². The lowest BCUT2D eigenvalue weighted by Crippen LogP contribution is -2.47. The SMILES string of the molecule is Cc1cc(Nc2ccc(C)c(Cl)c2)nc(N2CCN(c3ccccn3)CC2)n1. The van der Waals surface area contributed by atoms with E-state index in [1.54, 1.807) is 0 Å². The summed E-state index contributed by atoms with van der Waals surface area (Å²) in [6, 6.07) is 13.9. The van der Waals surface area contributed by atoms with Gasteiger partial charge in [0, 0.05) is 54.8 Å². The van der Waals surface area contributed by atoms with Crippen molar-refractivity contribution in [3.63, 3.8) is 0 Å². The number of pyridine rings is 1. The molecular weight excluding hydrogens is 372 g/mol. The molecule has 0 amide bonds. The van der Waals surface area contributed by atoms with Crippen molar-refractivity contribution in [2.75, 3.05) is 41.3 Å². The van der Waals surface area contributed by atoms with Gasteiger partial charge in [-0.05, 0) is 43.7 Å². The van der Waals surface area contributed by atoms with E-state index in [0.717, 1.165) is 65.7 Å². The maximum Gasteiger partial charge on any atom is 0.227 e. The number of nitrogens with zero attached hydrogens (tertiary/aromatic N) is 5. The summed E-state index contributed by atoms with van der Waals surface area (Å²) in [5, 5.41) is 4.08. The number of rotatable bonds is 4. The first kappa shape index (κ1) is 18.5. The summed E-state index contributed by atoms with van der Waals surface area (Å²) in [5.41, 5.74) is 2.90. The number of aryl methyl sites for hydroxylation is 2. The first-order chi connectivity index (χ1) is 13.6. The van der Waals surface area contributed by atoms with Gasteiger partial charge in [-0.2, -0.15) is 4.98 Å². The minimum absolute atomic E-state index is 0.738. The van der Waals surface area contributed by atoms with Crippen LogP contribution in [0.3, 0.4) is 0 Å². The monoisotopic (exact) mass is 394 g/mol. The topological polar surface area (TPSA) is 57.2 Å². The van der Waals surface area contributed by atoms with E-state index in [1.807, 2.05) is 62.5 Å². The molecule has 0 unspecified atom stereocenters. The van der Waals surface area contributed by atoms with Crippen LogP contribution < -0.4 is 15.1 Å². The molecule has 6 nitrogen and oxygen atoms in total. The fourth-order valence-corrected chi connectivity index (χ4v) is 3.43. The lowest BCUT2D eigenvalue weighted by Gasteiger charge is -2.35. The molecule has 1 aliphatic rings. The van der Waals surface area contributed by atoms with Crippen molar-refractivity contribution in [2.45, 2.75) is 13.8 Å². The standard InChI is InChI=1S/C21H23ClN6/c1-15-6-7-17(14-18(15)22)25-19-13-16(2)24-21(26-19)28-11-9-27(10-12-28)20-5-3-4-8-23-20/h3-8,13-14H,9-12H2,1-2H3,(H,24,25,26). The summed E-state index contributed by atoms with van der Waals surface area (Å²) in [4.78, 5) is 18.3. The molecule has 3 heterocycles. The van der Waals surface area contributed by atoms with Gasteiger partial charge >= 0.3 is 0 Å². The Morgan fingerprint density at radius 2 is 1.71 bits per heavy atom. The Bertz CT molecular complexity index is 954. The summed E-state index contributed by atoms with van der Waals surface area (Å²) in [5.74, 6) is 2.54.